The van der Waals surface area contributed by atoms with Crippen LogP contribution in [0.1, 0.15) is 73.1 Å². The van der Waals surface area contributed by atoms with Crippen LogP contribution in [-0.4, -0.2) is 72.2 Å². The molecule has 32 heavy (non-hydrogen) atoms. The number of aliphatic hydroxyl groups is 1. The number of ether oxygens (including phenoxy) is 5. The fourth-order valence-corrected chi connectivity index (χ4v) is 3.69. The summed E-state index contributed by atoms with van der Waals surface area (Å²) in [6.07, 6.45) is -1.68. The molecular weight excluding hydrogens is 424 g/mol. The lowest BCUT2D eigenvalue weighted by Crippen LogP contribution is -2.64. The van der Waals surface area contributed by atoms with Crippen molar-refractivity contribution in [2.45, 2.75) is 110 Å². The van der Waals surface area contributed by atoms with Gasteiger partial charge in [-0.3, -0.25) is 19.2 Å². The lowest BCUT2D eigenvalue weighted by atomic mass is 9.89. The number of carbonyl (C=O) groups excluding carboxylic acids is 4. The van der Waals surface area contributed by atoms with Gasteiger partial charge in [0.05, 0.1) is 6.10 Å². The molecule has 1 unspecified atom stereocenters. The van der Waals surface area contributed by atoms with Gasteiger partial charge in [-0.25, -0.2) is 0 Å². The monoisotopic (exact) mass is 460 g/mol. The first-order valence-electron chi connectivity index (χ1n) is 11.0. The predicted octanol–water partition coefficient (Wildman–Crippen LogP) is 1.83. The van der Waals surface area contributed by atoms with Crippen LogP contribution in [0.2, 0.25) is 0 Å². The molecule has 0 amide bonds. The van der Waals surface area contributed by atoms with Gasteiger partial charge in [0.2, 0.25) is 0 Å². The van der Waals surface area contributed by atoms with Crippen LogP contribution < -0.4 is 0 Å². The molecule has 1 aliphatic rings. The van der Waals surface area contributed by atoms with Crippen LogP contribution in [0.15, 0.2) is 0 Å². The third kappa shape index (κ3) is 9.52. The topological polar surface area (TPSA) is 135 Å². The maximum atomic E-state index is 11.8. The van der Waals surface area contributed by atoms with Gasteiger partial charge in [-0.2, -0.15) is 0 Å². The fourth-order valence-electron chi connectivity index (χ4n) is 3.69. The van der Waals surface area contributed by atoms with Gasteiger partial charge in [0.1, 0.15) is 18.8 Å². The lowest BCUT2D eigenvalue weighted by molar-refractivity contribution is -0.266. The van der Waals surface area contributed by atoms with Crippen molar-refractivity contribution in [1.82, 2.24) is 0 Å². The Morgan fingerprint density at radius 3 is 1.84 bits per heavy atom. The van der Waals surface area contributed by atoms with E-state index in [9.17, 15) is 24.3 Å². The first-order chi connectivity index (χ1) is 15.1. The Kier molecular flexibility index (Phi) is 12.2. The van der Waals surface area contributed by atoms with Crippen LogP contribution in [0.25, 0.3) is 0 Å². The Morgan fingerprint density at radius 2 is 1.31 bits per heavy atom. The molecule has 1 aliphatic heterocycles. The SMILES string of the molecule is CCCCCCCC(O)[C@@H]1O[C@H](COC(C)=O)[C@@H](OC(C)=O)[C@H](OC(C)=O)[C@@H]1OC(C)=O. The lowest BCUT2D eigenvalue weighted by Gasteiger charge is -2.45. The summed E-state index contributed by atoms with van der Waals surface area (Å²) in [6.45, 7) is 6.49. The number of carbonyl (C=O) groups is 4. The molecule has 10 nitrogen and oxygen atoms in total. The quantitative estimate of drug-likeness (QED) is 0.261. The molecule has 1 rings (SSSR count). The normalized spacial score (nSPS) is 26.0. The molecule has 0 aliphatic carbocycles. The Morgan fingerprint density at radius 1 is 0.781 bits per heavy atom. The van der Waals surface area contributed by atoms with Crippen LogP contribution >= 0.6 is 0 Å². The molecule has 1 N–H and O–H groups in total. The maximum absolute atomic E-state index is 11.8. The van der Waals surface area contributed by atoms with Gasteiger partial charge in [0.25, 0.3) is 0 Å². The van der Waals surface area contributed by atoms with Gasteiger partial charge in [-0.05, 0) is 6.42 Å². The smallest absolute Gasteiger partial charge is 0.303 e. The third-order valence-corrected chi connectivity index (χ3v) is 5.01. The van der Waals surface area contributed by atoms with E-state index in [0.29, 0.717) is 12.8 Å². The summed E-state index contributed by atoms with van der Waals surface area (Å²) >= 11 is 0. The van der Waals surface area contributed by atoms with E-state index < -0.39 is 60.5 Å². The number of hydrogen-bond donors (Lipinski definition) is 1. The molecule has 0 aromatic carbocycles. The second kappa shape index (κ2) is 14.1. The minimum Gasteiger partial charge on any atom is -0.463 e. The second-order valence-corrected chi connectivity index (χ2v) is 7.93. The Labute approximate surface area is 188 Å². The third-order valence-electron chi connectivity index (χ3n) is 5.01. The molecule has 0 radical (unpaired) electrons. The molecular formula is C22H36O10. The largest absolute Gasteiger partial charge is 0.463 e. The summed E-state index contributed by atoms with van der Waals surface area (Å²) in [4.78, 5) is 46.7. The van der Waals surface area contributed by atoms with Crippen molar-refractivity contribution in [3.05, 3.63) is 0 Å². The molecule has 0 aromatic heterocycles. The van der Waals surface area contributed by atoms with E-state index in [4.69, 9.17) is 23.7 Å². The van der Waals surface area contributed by atoms with Gasteiger partial charge in [0, 0.05) is 27.7 Å². The van der Waals surface area contributed by atoms with Crippen LogP contribution in [0, 0.1) is 0 Å². The summed E-state index contributed by atoms with van der Waals surface area (Å²) in [6, 6.07) is 0. The first-order valence-corrected chi connectivity index (χ1v) is 11.0. The number of unbranched alkanes of at least 4 members (excludes halogenated alkanes) is 4. The van der Waals surface area contributed by atoms with Crippen molar-refractivity contribution in [2.75, 3.05) is 6.61 Å². The minimum atomic E-state index is -1.26. The second-order valence-electron chi connectivity index (χ2n) is 7.93. The summed E-state index contributed by atoms with van der Waals surface area (Å²) in [5.41, 5.74) is 0. The van der Waals surface area contributed by atoms with E-state index >= 15 is 0 Å². The van der Waals surface area contributed by atoms with E-state index in [-0.39, 0.29) is 6.61 Å². The standard InChI is InChI=1S/C22H36O10/c1-6-7-8-9-10-11-17(27)19-21(30-15(4)25)22(31-16(5)26)20(29-14(3)24)18(32-19)12-28-13(2)23/h17-22,27H,6-12H2,1-5H3/t17?,18-,19+,20-,21-,22+/m1/s1. The number of esters is 4. The molecule has 0 aromatic rings. The Balaban J connectivity index is 3.19. The molecule has 0 spiro atoms. The number of aliphatic hydroxyl groups excluding tert-OH is 1. The summed E-state index contributed by atoms with van der Waals surface area (Å²) in [5, 5.41) is 10.9. The first kappa shape index (κ1) is 27.8. The molecule has 1 saturated heterocycles. The molecule has 6 atom stereocenters. The molecule has 1 fully saturated rings. The van der Waals surface area contributed by atoms with Crippen molar-refractivity contribution in [3.63, 3.8) is 0 Å². The van der Waals surface area contributed by atoms with E-state index in [2.05, 4.69) is 6.92 Å². The van der Waals surface area contributed by atoms with Crippen molar-refractivity contribution in [1.29, 1.82) is 0 Å². The van der Waals surface area contributed by atoms with Crippen LogP contribution in [0.3, 0.4) is 0 Å². The van der Waals surface area contributed by atoms with Crippen molar-refractivity contribution in [2.24, 2.45) is 0 Å². The van der Waals surface area contributed by atoms with Gasteiger partial charge in [-0.1, -0.05) is 39.0 Å². The summed E-state index contributed by atoms with van der Waals surface area (Å²) < 4.78 is 27.0. The highest BCUT2D eigenvalue weighted by molar-refractivity contribution is 5.68. The van der Waals surface area contributed by atoms with E-state index in [0.717, 1.165) is 39.5 Å². The van der Waals surface area contributed by atoms with E-state index in [1.807, 2.05) is 0 Å². The zero-order valence-corrected chi connectivity index (χ0v) is 19.5. The van der Waals surface area contributed by atoms with Crippen molar-refractivity contribution >= 4 is 23.9 Å². The highest BCUT2D eigenvalue weighted by atomic mass is 16.7. The van der Waals surface area contributed by atoms with Gasteiger partial charge in [0.15, 0.2) is 18.3 Å². The number of rotatable bonds is 12. The van der Waals surface area contributed by atoms with Gasteiger partial charge >= 0.3 is 23.9 Å². The van der Waals surface area contributed by atoms with Crippen LogP contribution in [0.4, 0.5) is 0 Å². The Bertz CT molecular complexity index is 634. The van der Waals surface area contributed by atoms with E-state index in [1.165, 1.54) is 13.8 Å². The predicted molar refractivity (Wildman–Crippen MR) is 111 cm³/mol. The van der Waals surface area contributed by atoms with Gasteiger partial charge in [-0.15, -0.1) is 0 Å². The highest BCUT2D eigenvalue weighted by Crippen LogP contribution is 2.32. The van der Waals surface area contributed by atoms with Gasteiger partial charge < -0.3 is 28.8 Å². The van der Waals surface area contributed by atoms with Crippen LogP contribution in [0.5, 0.6) is 0 Å². The fraction of sp³-hybridized carbons (Fsp3) is 0.818. The summed E-state index contributed by atoms with van der Waals surface area (Å²) in [5.74, 6) is -2.67. The molecule has 184 valence electrons. The number of hydrogen-bond acceptors (Lipinski definition) is 10. The summed E-state index contributed by atoms with van der Waals surface area (Å²) in [7, 11) is 0. The minimum absolute atomic E-state index is 0.308. The van der Waals surface area contributed by atoms with E-state index in [1.54, 1.807) is 0 Å². The molecule has 10 heteroatoms. The molecule has 1 heterocycles. The van der Waals surface area contributed by atoms with Crippen molar-refractivity contribution < 1.29 is 48.0 Å². The highest BCUT2D eigenvalue weighted by Gasteiger charge is 2.53. The molecule has 0 bridgehead atoms. The average molecular weight is 461 g/mol. The van der Waals surface area contributed by atoms with Crippen LogP contribution in [-0.2, 0) is 42.9 Å². The maximum Gasteiger partial charge on any atom is 0.303 e. The zero-order valence-electron chi connectivity index (χ0n) is 19.5. The average Bonchev–Trinajstić information content (AvgIpc) is 2.68. The Hall–Kier alpha value is -2.20. The zero-order chi connectivity index (χ0) is 24.3. The van der Waals surface area contributed by atoms with Crippen molar-refractivity contribution in [3.8, 4) is 0 Å². The molecule has 0 saturated carbocycles.